The van der Waals surface area contributed by atoms with Gasteiger partial charge in [0.15, 0.2) is 6.10 Å². The van der Waals surface area contributed by atoms with Crippen molar-refractivity contribution in [2.75, 3.05) is 7.11 Å². The maximum Gasteiger partial charge on any atom is 0.260 e. The largest absolute Gasteiger partial charge is 0.497 e. The van der Waals surface area contributed by atoms with Gasteiger partial charge in [-0.2, -0.15) is 0 Å². The van der Waals surface area contributed by atoms with Crippen LogP contribution >= 0.6 is 0 Å². The fourth-order valence-electron chi connectivity index (χ4n) is 2.58. The lowest BCUT2D eigenvalue weighted by Gasteiger charge is -2.18. The Kier molecular flexibility index (Phi) is 5.44. The number of amides is 1. The minimum absolute atomic E-state index is 0.0704. The molecule has 0 aliphatic heterocycles. The van der Waals surface area contributed by atoms with Crippen LogP contribution in [0.5, 0.6) is 11.5 Å². The third kappa shape index (κ3) is 4.36. The van der Waals surface area contributed by atoms with E-state index in [4.69, 9.17) is 15.2 Å². The summed E-state index contributed by atoms with van der Waals surface area (Å²) in [4.78, 5) is 12.1. The van der Waals surface area contributed by atoms with Crippen molar-refractivity contribution in [3.8, 4) is 11.5 Å². The molecule has 1 atom stereocenters. The minimum atomic E-state index is -0.539. The van der Waals surface area contributed by atoms with Gasteiger partial charge in [-0.15, -0.1) is 0 Å². The first-order chi connectivity index (χ1) is 10.1. The van der Waals surface area contributed by atoms with Crippen LogP contribution in [0.3, 0.4) is 0 Å². The molecule has 116 valence electrons. The Hall–Kier alpha value is -1.75. The van der Waals surface area contributed by atoms with Gasteiger partial charge >= 0.3 is 0 Å². The van der Waals surface area contributed by atoms with Gasteiger partial charge in [0, 0.05) is 18.7 Å². The third-order valence-electron chi connectivity index (χ3n) is 3.79. The maximum absolute atomic E-state index is 12.1. The molecule has 1 aromatic carbocycles. The Labute approximate surface area is 125 Å². The summed E-state index contributed by atoms with van der Waals surface area (Å²) in [5.74, 6) is 1.21. The van der Waals surface area contributed by atoms with Gasteiger partial charge in [-0.05, 0) is 37.5 Å². The molecule has 2 rings (SSSR count). The SMILES string of the molecule is COc1cc(CN)cc(OC(C)C(=O)NC2CCCC2)c1. The number of nitrogens with two attached hydrogens (primary N) is 1. The summed E-state index contributed by atoms with van der Waals surface area (Å²) in [6, 6.07) is 5.75. The Morgan fingerprint density at radius 1 is 1.33 bits per heavy atom. The lowest BCUT2D eigenvalue weighted by Crippen LogP contribution is -2.41. The summed E-state index contributed by atoms with van der Waals surface area (Å²) in [6.07, 6.45) is 3.97. The minimum Gasteiger partial charge on any atom is -0.497 e. The van der Waals surface area contributed by atoms with E-state index in [2.05, 4.69) is 5.32 Å². The molecule has 0 bridgehead atoms. The molecule has 1 fully saturated rings. The number of rotatable bonds is 6. The van der Waals surface area contributed by atoms with E-state index in [9.17, 15) is 4.79 Å². The van der Waals surface area contributed by atoms with Gasteiger partial charge in [-0.1, -0.05) is 12.8 Å². The number of carbonyl (C=O) groups is 1. The van der Waals surface area contributed by atoms with Gasteiger partial charge in [0.1, 0.15) is 11.5 Å². The van der Waals surface area contributed by atoms with E-state index in [0.717, 1.165) is 18.4 Å². The zero-order valence-corrected chi connectivity index (χ0v) is 12.7. The van der Waals surface area contributed by atoms with Crippen molar-refractivity contribution in [2.45, 2.75) is 51.3 Å². The van der Waals surface area contributed by atoms with Gasteiger partial charge in [0.25, 0.3) is 5.91 Å². The fourth-order valence-corrected chi connectivity index (χ4v) is 2.58. The van der Waals surface area contributed by atoms with Gasteiger partial charge in [-0.3, -0.25) is 4.79 Å². The second kappa shape index (κ2) is 7.31. The Morgan fingerprint density at radius 3 is 2.62 bits per heavy atom. The summed E-state index contributed by atoms with van der Waals surface area (Å²) in [7, 11) is 1.59. The highest BCUT2D eigenvalue weighted by Crippen LogP contribution is 2.24. The van der Waals surface area contributed by atoms with Gasteiger partial charge in [-0.25, -0.2) is 0 Å². The molecule has 1 aliphatic carbocycles. The monoisotopic (exact) mass is 292 g/mol. The summed E-state index contributed by atoms with van der Waals surface area (Å²) < 4.78 is 10.9. The van der Waals surface area contributed by atoms with Gasteiger partial charge in [0.05, 0.1) is 7.11 Å². The molecule has 5 heteroatoms. The van der Waals surface area contributed by atoms with E-state index in [0.29, 0.717) is 24.1 Å². The van der Waals surface area contributed by atoms with E-state index in [-0.39, 0.29) is 5.91 Å². The molecular weight excluding hydrogens is 268 g/mol. The van der Waals surface area contributed by atoms with Crippen molar-refractivity contribution in [3.63, 3.8) is 0 Å². The van der Waals surface area contributed by atoms with Crippen molar-refractivity contribution >= 4 is 5.91 Å². The topological polar surface area (TPSA) is 73.6 Å². The summed E-state index contributed by atoms with van der Waals surface area (Å²) in [5, 5.41) is 3.04. The van der Waals surface area contributed by atoms with Crippen LogP contribution < -0.4 is 20.5 Å². The molecule has 1 amide bonds. The first-order valence-corrected chi connectivity index (χ1v) is 7.47. The summed E-state index contributed by atoms with van der Waals surface area (Å²) in [6.45, 7) is 2.15. The van der Waals surface area contributed by atoms with Crippen LogP contribution in [0.15, 0.2) is 18.2 Å². The van der Waals surface area contributed by atoms with E-state index >= 15 is 0 Å². The van der Waals surface area contributed by atoms with Crippen LogP contribution in [0, 0.1) is 0 Å². The quantitative estimate of drug-likeness (QED) is 0.841. The lowest BCUT2D eigenvalue weighted by atomic mass is 10.2. The lowest BCUT2D eigenvalue weighted by molar-refractivity contribution is -0.127. The van der Waals surface area contributed by atoms with Crippen LogP contribution in [0.4, 0.5) is 0 Å². The molecule has 5 nitrogen and oxygen atoms in total. The third-order valence-corrected chi connectivity index (χ3v) is 3.79. The number of benzene rings is 1. The molecule has 3 N–H and O–H groups in total. The second-order valence-corrected chi connectivity index (χ2v) is 5.47. The van der Waals surface area contributed by atoms with Crippen molar-refractivity contribution in [3.05, 3.63) is 23.8 Å². The average Bonchev–Trinajstić information content (AvgIpc) is 2.99. The zero-order valence-electron chi connectivity index (χ0n) is 12.7. The molecule has 21 heavy (non-hydrogen) atoms. The number of ether oxygens (including phenoxy) is 2. The van der Waals surface area contributed by atoms with E-state index in [1.54, 1.807) is 20.1 Å². The average molecular weight is 292 g/mol. The first kappa shape index (κ1) is 15.6. The highest BCUT2D eigenvalue weighted by atomic mass is 16.5. The predicted octanol–water partition coefficient (Wildman–Crippen LogP) is 1.98. The maximum atomic E-state index is 12.1. The second-order valence-electron chi connectivity index (χ2n) is 5.47. The number of methoxy groups -OCH3 is 1. The number of hydrogen-bond donors (Lipinski definition) is 2. The van der Waals surface area contributed by atoms with Crippen molar-refractivity contribution < 1.29 is 14.3 Å². The predicted molar refractivity (Wildman–Crippen MR) is 81.4 cm³/mol. The summed E-state index contributed by atoms with van der Waals surface area (Å²) >= 11 is 0. The van der Waals surface area contributed by atoms with Crippen LogP contribution in [0.1, 0.15) is 38.2 Å². The van der Waals surface area contributed by atoms with E-state index < -0.39 is 6.10 Å². The van der Waals surface area contributed by atoms with E-state index in [1.807, 2.05) is 12.1 Å². The summed E-state index contributed by atoms with van der Waals surface area (Å²) in [5.41, 5.74) is 6.56. The Balaban J connectivity index is 1.97. The highest BCUT2D eigenvalue weighted by Gasteiger charge is 2.21. The van der Waals surface area contributed by atoms with Crippen LogP contribution in [0.2, 0.25) is 0 Å². The normalized spacial score (nSPS) is 16.5. The Bertz CT molecular complexity index is 462. The zero-order chi connectivity index (χ0) is 15.2. The van der Waals surface area contributed by atoms with E-state index in [1.165, 1.54) is 12.8 Å². The molecule has 0 spiro atoms. The van der Waals surface area contributed by atoms with Crippen molar-refractivity contribution in [1.29, 1.82) is 0 Å². The number of nitrogens with one attached hydrogen (secondary N) is 1. The molecular formula is C16H24N2O3. The van der Waals surface area contributed by atoms with Crippen LogP contribution in [0.25, 0.3) is 0 Å². The molecule has 0 saturated heterocycles. The van der Waals surface area contributed by atoms with Crippen LogP contribution in [-0.4, -0.2) is 25.2 Å². The smallest absolute Gasteiger partial charge is 0.260 e. The standard InChI is InChI=1S/C16H24N2O3/c1-11(16(19)18-13-5-3-4-6-13)21-15-8-12(10-17)7-14(9-15)20-2/h7-9,11,13H,3-6,10,17H2,1-2H3,(H,18,19). The molecule has 1 unspecified atom stereocenters. The number of carbonyl (C=O) groups excluding carboxylic acids is 1. The molecule has 0 aromatic heterocycles. The molecule has 1 aliphatic rings. The molecule has 0 heterocycles. The number of hydrogen-bond acceptors (Lipinski definition) is 4. The fraction of sp³-hybridized carbons (Fsp3) is 0.562. The van der Waals surface area contributed by atoms with Crippen molar-refractivity contribution in [1.82, 2.24) is 5.32 Å². The molecule has 0 radical (unpaired) electrons. The van der Waals surface area contributed by atoms with Crippen molar-refractivity contribution in [2.24, 2.45) is 5.73 Å². The molecule has 1 aromatic rings. The Morgan fingerprint density at radius 2 is 2.00 bits per heavy atom. The molecule has 1 saturated carbocycles. The van der Waals surface area contributed by atoms with Gasteiger partial charge in [0.2, 0.25) is 0 Å². The van der Waals surface area contributed by atoms with Gasteiger partial charge < -0.3 is 20.5 Å². The first-order valence-electron chi connectivity index (χ1n) is 7.47. The highest BCUT2D eigenvalue weighted by molar-refractivity contribution is 5.81. The van der Waals surface area contributed by atoms with Crippen LogP contribution in [-0.2, 0) is 11.3 Å².